The molecule has 4 rings (SSSR count). The van der Waals surface area contributed by atoms with Gasteiger partial charge < -0.3 is 9.73 Å². The zero-order chi connectivity index (χ0) is 19.3. The molecule has 2 aromatic heterocycles. The molecule has 1 N–H and O–H groups in total. The Morgan fingerprint density at radius 1 is 1.04 bits per heavy atom. The highest BCUT2D eigenvalue weighted by Crippen LogP contribution is 2.27. The highest BCUT2D eigenvalue weighted by atomic mass is 32.2. The third-order valence-corrected chi connectivity index (χ3v) is 6.38. The van der Waals surface area contributed by atoms with E-state index in [0.717, 1.165) is 33.8 Å². The minimum atomic E-state index is -0.190. The maximum absolute atomic E-state index is 12.3. The van der Waals surface area contributed by atoms with Crippen LogP contribution in [0.1, 0.15) is 39.3 Å². The molecule has 0 radical (unpaired) electrons. The molecule has 9 heteroatoms. The minimum Gasteiger partial charge on any atom is -0.467 e. The number of aromatic nitrogens is 2. The molecule has 0 spiro atoms. The maximum atomic E-state index is 12.3. The molecular formula is C19H18N4O3S2. The Kier molecular flexibility index (Phi) is 5.73. The molecule has 1 aliphatic heterocycles. The van der Waals surface area contributed by atoms with Crippen LogP contribution in [0.25, 0.3) is 0 Å². The number of hydrogen-bond donors (Lipinski definition) is 1. The first-order valence-electron chi connectivity index (χ1n) is 8.90. The summed E-state index contributed by atoms with van der Waals surface area (Å²) in [6, 6.07) is 10.7. The Labute approximate surface area is 170 Å². The number of fused-ring (bicyclic) bond motifs is 1. The number of furan rings is 1. The van der Waals surface area contributed by atoms with Gasteiger partial charge in [-0.1, -0.05) is 35.2 Å². The van der Waals surface area contributed by atoms with Crippen LogP contribution in [0.2, 0.25) is 0 Å². The van der Waals surface area contributed by atoms with Crippen LogP contribution in [-0.2, 0) is 6.54 Å². The van der Waals surface area contributed by atoms with Crippen molar-refractivity contribution in [3.63, 3.8) is 0 Å². The Bertz CT molecular complexity index is 936. The SMILES string of the molecule is O=C1c2ccccc2C(=O)N1CCCCSc1nnc(NCc2ccco2)s1. The first-order valence-corrected chi connectivity index (χ1v) is 10.7. The first-order chi connectivity index (χ1) is 13.7. The molecule has 3 heterocycles. The van der Waals surface area contributed by atoms with Crippen LogP contribution in [0.5, 0.6) is 0 Å². The van der Waals surface area contributed by atoms with Crippen molar-refractivity contribution in [2.24, 2.45) is 0 Å². The summed E-state index contributed by atoms with van der Waals surface area (Å²) in [6.45, 7) is 1.02. The van der Waals surface area contributed by atoms with Gasteiger partial charge >= 0.3 is 0 Å². The summed E-state index contributed by atoms with van der Waals surface area (Å²) in [5, 5.41) is 12.2. The lowest BCUT2D eigenvalue weighted by molar-refractivity contribution is 0.0652. The van der Waals surface area contributed by atoms with Crippen molar-refractivity contribution in [2.45, 2.75) is 23.7 Å². The minimum absolute atomic E-state index is 0.190. The number of carbonyl (C=O) groups is 2. The lowest BCUT2D eigenvalue weighted by atomic mass is 10.1. The number of benzene rings is 1. The van der Waals surface area contributed by atoms with Crippen molar-refractivity contribution in [2.75, 3.05) is 17.6 Å². The normalized spacial score (nSPS) is 13.2. The summed E-state index contributed by atoms with van der Waals surface area (Å²) in [6.07, 6.45) is 3.29. The van der Waals surface area contributed by atoms with E-state index in [-0.39, 0.29) is 11.8 Å². The molecule has 0 saturated carbocycles. The number of carbonyl (C=O) groups excluding carboxylic acids is 2. The molecule has 1 aliphatic rings. The summed E-state index contributed by atoms with van der Waals surface area (Å²) >= 11 is 3.13. The van der Waals surface area contributed by atoms with Gasteiger partial charge in [0, 0.05) is 12.3 Å². The van der Waals surface area contributed by atoms with Gasteiger partial charge in [-0.15, -0.1) is 10.2 Å². The molecule has 0 aliphatic carbocycles. The molecule has 28 heavy (non-hydrogen) atoms. The van der Waals surface area contributed by atoms with E-state index < -0.39 is 0 Å². The largest absolute Gasteiger partial charge is 0.467 e. The third-order valence-electron chi connectivity index (χ3n) is 4.28. The standard InChI is InChI=1S/C19H18N4O3S2/c24-16-14-7-1-2-8-15(14)17(25)23(16)9-3-4-11-27-19-22-21-18(28-19)20-12-13-6-5-10-26-13/h1-2,5-8,10H,3-4,9,11-12H2,(H,20,21). The average molecular weight is 415 g/mol. The Morgan fingerprint density at radius 2 is 1.82 bits per heavy atom. The number of thioether (sulfide) groups is 1. The number of nitrogens with zero attached hydrogens (tertiary/aromatic N) is 3. The summed E-state index contributed by atoms with van der Waals surface area (Å²) in [5.41, 5.74) is 1.01. The summed E-state index contributed by atoms with van der Waals surface area (Å²) in [7, 11) is 0. The molecule has 1 aromatic carbocycles. The second-order valence-corrected chi connectivity index (χ2v) is 8.49. The van der Waals surface area contributed by atoms with Crippen molar-refractivity contribution in [1.82, 2.24) is 15.1 Å². The number of rotatable bonds is 9. The molecule has 0 saturated heterocycles. The first kappa shape index (κ1) is 18.7. The quantitative estimate of drug-likeness (QED) is 0.323. The molecule has 0 fully saturated rings. The fraction of sp³-hybridized carbons (Fsp3) is 0.263. The zero-order valence-electron chi connectivity index (χ0n) is 15.0. The van der Waals surface area contributed by atoms with Gasteiger partial charge in [0.05, 0.1) is 23.9 Å². The number of anilines is 1. The fourth-order valence-electron chi connectivity index (χ4n) is 2.89. The van der Waals surface area contributed by atoms with Crippen LogP contribution in [0.15, 0.2) is 51.4 Å². The summed E-state index contributed by atoms with van der Waals surface area (Å²) in [4.78, 5) is 26.0. The van der Waals surface area contributed by atoms with Crippen LogP contribution < -0.4 is 5.32 Å². The van der Waals surface area contributed by atoms with Gasteiger partial charge in [0.25, 0.3) is 11.8 Å². The second kappa shape index (κ2) is 8.57. The molecule has 3 aromatic rings. The van der Waals surface area contributed by atoms with Gasteiger partial charge in [-0.3, -0.25) is 14.5 Å². The molecule has 7 nitrogen and oxygen atoms in total. The molecule has 2 amide bonds. The Morgan fingerprint density at radius 3 is 2.54 bits per heavy atom. The number of amides is 2. The maximum Gasteiger partial charge on any atom is 0.261 e. The van der Waals surface area contributed by atoms with E-state index in [9.17, 15) is 9.59 Å². The van der Waals surface area contributed by atoms with E-state index in [4.69, 9.17) is 4.42 Å². The summed E-state index contributed by atoms with van der Waals surface area (Å²) in [5.74, 6) is 1.32. The van der Waals surface area contributed by atoms with Gasteiger partial charge in [0.1, 0.15) is 5.76 Å². The lowest BCUT2D eigenvalue weighted by Crippen LogP contribution is -2.30. The predicted octanol–water partition coefficient (Wildman–Crippen LogP) is 3.91. The van der Waals surface area contributed by atoms with E-state index in [0.29, 0.717) is 24.2 Å². The monoisotopic (exact) mass is 414 g/mol. The van der Waals surface area contributed by atoms with E-state index in [1.165, 1.54) is 16.2 Å². The van der Waals surface area contributed by atoms with Crippen molar-refractivity contribution in [3.8, 4) is 0 Å². The topological polar surface area (TPSA) is 88.3 Å². The van der Waals surface area contributed by atoms with Crippen LogP contribution in [-0.4, -0.2) is 39.2 Å². The van der Waals surface area contributed by atoms with Gasteiger partial charge in [-0.2, -0.15) is 0 Å². The lowest BCUT2D eigenvalue weighted by Gasteiger charge is -2.13. The van der Waals surface area contributed by atoms with Crippen molar-refractivity contribution >= 4 is 40.0 Å². The highest BCUT2D eigenvalue weighted by molar-refractivity contribution is 8.01. The van der Waals surface area contributed by atoms with Crippen LogP contribution in [0.3, 0.4) is 0 Å². The Balaban J connectivity index is 1.18. The number of unbranched alkanes of at least 4 members (excludes halogenated alkanes) is 1. The van der Waals surface area contributed by atoms with E-state index >= 15 is 0 Å². The fourth-order valence-corrected chi connectivity index (χ4v) is 4.71. The van der Waals surface area contributed by atoms with Gasteiger partial charge in [0.2, 0.25) is 5.13 Å². The van der Waals surface area contributed by atoms with Crippen LogP contribution >= 0.6 is 23.1 Å². The van der Waals surface area contributed by atoms with Crippen LogP contribution in [0, 0.1) is 0 Å². The van der Waals surface area contributed by atoms with Crippen LogP contribution in [0.4, 0.5) is 5.13 Å². The number of nitrogens with one attached hydrogen (secondary N) is 1. The van der Waals surface area contributed by atoms with Crippen molar-refractivity contribution in [3.05, 3.63) is 59.5 Å². The smallest absolute Gasteiger partial charge is 0.261 e. The third kappa shape index (κ3) is 4.10. The zero-order valence-corrected chi connectivity index (χ0v) is 16.6. The second-order valence-electron chi connectivity index (χ2n) is 6.17. The van der Waals surface area contributed by atoms with Crippen molar-refractivity contribution in [1.29, 1.82) is 0 Å². The van der Waals surface area contributed by atoms with Crippen molar-refractivity contribution < 1.29 is 14.0 Å². The molecule has 0 atom stereocenters. The average Bonchev–Trinajstić information content (AvgIpc) is 3.44. The predicted molar refractivity (Wildman–Crippen MR) is 108 cm³/mol. The molecule has 0 unspecified atom stereocenters. The highest BCUT2D eigenvalue weighted by Gasteiger charge is 2.34. The Hall–Kier alpha value is -2.65. The number of hydrogen-bond acceptors (Lipinski definition) is 8. The summed E-state index contributed by atoms with van der Waals surface area (Å²) < 4.78 is 6.16. The van der Waals surface area contributed by atoms with E-state index in [1.807, 2.05) is 12.1 Å². The molecular weight excluding hydrogens is 396 g/mol. The molecule has 0 bridgehead atoms. The number of imide groups is 1. The van der Waals surface area contributed by atoms with E-state index in [1.54, 1.807) is 42.3 Å². The van der Waals surface area contributed by atoms with Gasteiger partial charge in [-0.25, -0.2) is 0 Å². The van der Waals surface area contributed by atoms with Gasteiger partial charge in [-0.05, 0) is 37.1 Å². The molecule has 144 valence electrons. The van der Waals surface area contributed by atoms with E-state index in [2.05, 4.69) is 15.5 Å². The van der Waals surface area contributed by atoms with Gasteiger partial charge in [0.15, 0.2) is 4.34 Å².